The van der Waals surface area contributed by atoms with Crippen LogP contribution in [0.25, 0.3) is 11.0 Å². The molecule has 3 aliphatic rings. The molecular weight excluding hydrogens is 442 g/mol. The zero-order chi connectivity index (χ0) is 24.0. The number of ether oxygens (including phenoxy) is 1. The number of hydrogen-bond acceptors (Lipinski definition) is 8. The number of carbonyl (C=O) groups is 1. The van der Waals surface area contributed by atoms with Crippen molar-refractivity contribution in [1.29, 1.82) is 0 Å². The Morgan fingerprint density at radius 3 is 2.31 bits per heavy atom. The van der Waals surface area contributed by atoms with Crippen LogP contribution in [0, 0.1) is 6.92 Å². The first-order valence-corrected chi connectivity index (χ1v) is 13.4. The van der Waals surface area contributed by atoms with Crippen molar-refractivity contribution in [2.75, 3.05) is 70.5 Å². The quantitative estimate of drug-likeness (QED) is 0.672. The Labute approximate surface area is 208 Å². The fourth-order valence-corrected chi connectivity index (χ4v) is 5.38. The number of likely N-dealkylation sites (tertiary alicyclic amines) is 1. The summed E-state index contributed by atoms with van der Waals surface area (Å²) < 4.78 is 5.43. The van der Waals surface area contributed by atoms with Gasteiger partial charge in [0, 0.05) is 58.4 Å². The van der Waals surface area contributed by atoms with Crippen molar-refractivity contribution in [2.45, 2.75) is 51.5 Å². The number of amides is 1. The number of pyridine rings is 1. The first-order valence-electron chi connectivity index (χ1n) is 13.4. The van der Waals surface area contributed by atoms with Gasteiger partial charge in [0.1, 0.15) is 11.3 Å². The van der Waals surface area contributed by atoms with Crippen LogP contribution in [-0.2, 0) is 4.74 Å². The van der Waals surface area contributed by atoms with Crippen LogP contribution in [0.1, 0.15) is 54.8 Å². The minimum absolute atomic E-state index is 0.172. The first kappa shape index (κ1) is 24.3. The van der Waals surface area contributed by atoms with E-state index in [0.717, 1.165) is 101 Å². The molecule has 2 aromatic heterocycles. The first-order chi connectivity index (χ1) is 17.2. The average Bonchev–Trinajstić information content (AvgIpc) is 3.18. The van der Waals surface area contributed by atoms with Crippen LogP contribution >= 0.6 is 0 Å². The predicted molar refractivity (Wildman–Crippen MR) is 137 cm³/mol. The van der Waals surface area contributed by atoms with Crippen molar-refractivity contribution in [2.24, 2.45) is 0 Å². The van der Waals surface area contributed by atoms with E-state index in [0.29, 0.717) is 0 Å². The molecule has 0 aromatic carbocycles. The Hall–Kier alpha value is -2.36. The zero-order valence-electron chi connectivity index (χ0n) is 21.0. The lowest BCUT2D eigenvalue weighted by atomic mass is 10.0. The van der Waals surface area contributed by atoms with Crippen LogP contribution < -0.4 is 10.2 Å². The summed E-state index contributed by atoms with van der Waals surface area (Å²) in [6.07, 6.45) is 6.92. The highest BCUT2D eigenvalue weighted by Crippen LogP contribution is 2.22. The number of anilines is 1. The van der Waals surface area contributed by atoms with Gasteiger partial charge in [-0.25, -0.2) is 15.0 Å². The number of hydrogen-bond donors (Lipinski definition) is 1. The molecule has 9 nitrogen and oxygen atoms in total. The summed E-state index contributed by atoms with van der Waals surface area (Å²) in [5, 5.41) is 3.18. The normalized spacial score (nSPS) is 21.2. The highest BCUT2D eigenvalue weighted by atomic mass is 16.5. The van der Waals surface area contributed by atoms with Crippen LogP contribution in [0.2, 0.25) is 0 Å². The van der Waals surface area contributed by atoms with Crippen molar-refractivity contribution in [3.05, 3.63) is 23.7 Å². The second-order valence-corrected chi connectivity index (χ2v) is 10.1. The molecular formula is C26H39N7O2. The predicted octanol–water partition coefficient (Wildman–Crippen LogP) is 2.24. The second kappa shape index (κ2) is 11.6. The van der Waals surface area contributed by atoms with Gasteiger partial charge in [0.05, 0.1) is 24.4 Å². The molecule has 9 heteroatoms. The molecule has 3 saturated heterocycles. The Kier molecular flexibility index (Phi) is 8.06. The molecule has 0 spiro atoms. The van der Waals surface area contributed by atoms with Crippen LogP contribution in [0.15, 0.2) is 12.1 Å². The molecule has 0 aliphatic carbocycles. The molecule has 2 aromatic rings. The molecule has 3 fully saturated rings. The highest BCUT2D eigenvalue weighted by Gasteiger charge is 2.23. The summed E-state index contributed by atoms with van der Waals surface area (Å²) in [6, 6.07) is 4.19. The van der Waals surface area contributed by atoms with Gasteiger partial charge >= 0.3 is 0 Å². The topological polar surface area (TPSA) is 86.7 Å². The Balaban J connectivity index is 1.16. The number of carbonyl (C=O) groups excluding carboxylic acids is 1. The van der Waals surface area contributed by atoms with Crippen molar-refractivity contribution >= 4 is 22.8 Å². The largest absolute Gasteiger partial charge is 0.379 e. The number of aromatic nitrogens is 3. The molecule has 190 valence electrons. The fraction of sp³-hybridized carbons (Fsp3) is 0.692. The van der Waals surface area contributed by atoms with Crippen molar-refractivity contribution < 1.29 is 9.53 Å². The fourth-order valence-electron chi connectivity index (χ4n) is 5.38. The van der Waals surface area contributed by atoms with E-state index in [2.05, 4.69) is 30.0 Å². The van der Waals surface area contributed by atoms with E-state index in [-0.39, 0.29) is 17.8 Å². The van der Waals surface area contributed by atoms with Crippen molar-refractivity contribution in [3.8, 4) is 0 Å². The summed E-state index contributed by atoms with van der Waals surface area (Å²) in [7, 11) is 0. The lowest BCUT2D eigenvalue weighted by molar-refractivity contribution is 0.0318. The molecule has 5 rings (SSSR count). The van der Waals surface area contributed by atoms with Gasteiger partial charge in [-0.3, -0.25) is 9.69 Å². The Bertz CT molecular complexity index is 995. The van der Waals surface area contributed by atoms with Gasteiger partial charge in [-0.1, -0.05) is 12.8 Å². The van der Waals surface area contributed by atoms with Gasteiger partial charge in [0.25, 0.3) is 5.91 Å². The molecule has 1 amide bonds. The Morgan fingerprint density at radius 1 is 0.914 bits per heavy atom. The average molecular weight is 482 g/mol. The highest BCUT2D eigenvalue weighted by molar-refractivity contribution is 5.93. The third-order valence-corrected chi connectivity index (χ3v) is 7.59. The van der Waals surface area contributed by atoms with Gasteiger partial charge in [-0.15, -0.1) is 0 Å². The molecule has 0 unspecified atom stereocenters. The lowest BCUT2D eigenvalue weighted by Gasteiger charge is -2.34. The molecule has 5 heterocycles. The lowest BCUT2D eigenvalue weighted by Crippen LogP contribution is -2.47. The third-order valence-electron chi connectivity index (χ3n) is 7.59. The van der Waals surface area contributed by atoms with Gasteiger partial charge < -0.3 is 19.9 Å². The van der Waals surface area contributed by atoms with Crippen molar-refractivity contribution in [1.82, 2.24) is 30.1 Å². The van der Waals surface area contributed by atoms with E-state index < -0.39 is 0 Å². The van der Waals surface area contributed by atoms with Crippen LogP contribution in [0.5, 0.6) is 0 Å². The van der Waals surface area contributed by atoms with E-state index >= 15 is 0 Å². The molecule has 0 atom stereocenters. The smallest absolute Gasteiger partial charge is 0.289 e. The molecule has 35 heavy (non-hydrogen) atoms. The number of nitrogens with one attached hydrogen (secondary N) is 1. The number of nitrogens with zero attached hydrogens (tertiary/aromatic N) is 6. The van der Waals surface area contributed by atoms with Crippen LogP contribution in [-0.4, -0.2) is 102 Å². The molecule has 0 radical (unpaired) electrons. The van der Waals surface area contributed by atoms with E-state index in [4.69, 9.17) is 9.72 Å². The van der Waals surface area contributed by atoms with Gasteiger partial charge in [-0.2, -0.15) is 0 Å². The van der Waals surface area contributed by atoms with Gasteiger partial charge in [0.15, 0.2) is 0 Å². The van der Waals surface area contributed by atoms with E-state index in [1.54, 1.807) is 0 Å². The van der Waals surface area contributed by atoms with E-state index in [9.17, 15) is 4.79 Å². The standard InChI is InChI=1S/C26H39N7O2/c1-20-24-22(6-7-23(30-24)33-10-4-2-3-5-11-33)29-25(27-20)26(34)28-21-8-12-31(13-9-21)14-15-32-16-18-35-19-17-32/h6-7,21H,2-5,8-19H2,1H3,(H,28,34). The van der Waals surface area contributed by atoms with Gasteiger partial charge in [0.2, 0.25) is 5.82 Å². The molecule has 0 bridgehead atoms. The van der Waals surface area contributed by atoms with Crippen LogP contribution in [0.3, 0.4) is 0 Å². The van der Waals surface area contributed by atoms with E-state index in [1.165, 1.54) is 25.7 Å². The second-order valence-electron chi connectivity index (χ2n) is 10.1. The number of aryl methyl sites for hydroxylation is 1. The summed E-state index contributed by atoms with van der Waals surface area (Å²) in [5.74, 6) is 1.05. The number of rotatable bonds is 6. The molecule has 0 saturated carbocycles. The SMILES string of the molecule is Cc1nc(C(=O)NC2CCN(CCN3CCOCC3)CC2)nc2ccc(N3CCCCCC3)nc12. The summed E-state index contributed by atoms with van der Waals surface area (Å²) >= 11 is 0. The maximum Gasteiger partial charge on any atom is 0.289 e. The maximum absolute atomic E-state index is 13.0. The zero-order valence-corrected chi connectivity index (χ0v) is 21.0. The summed E-state index contributed by atoms with van der Waals surface area (Å²) in [6.45, 7) is 12.0. The monoisotopic (exact) mass is 481 g/mol. The minimum Gasteiger partial charge on any atom is -0.379 e. The number of fused-ring (bicyclic) bond motifs is 1. The summed E-state index contributed by atoms with van der Waals surface area (Å²) in [5.41, 5.74) is 2.28. The van der Waals surface area contributed by atoms with Crippen LogP contribution in [0.4, 0.5) is 5.82 Å². The summed E-state index contributed by atoms with van der Waals surface area (Å²) in [4.78, 5) is 34.3. The molecule has 1 N–H and O–H groups in total. The van der Waals surface area contributed by atoms with Gasteiger partial charge in [-0.05, 0) is 44.7 Å². The molecule has 3 aliphatic heterocycles. The number of piperidine rings is 1. The van der Waals surface area contributed by atoms with E-state index in [1.807, 2.05) is 19.1 Å². The third kappa shape index (κ3) is 6.26. The minimum atomic E-state index is -0.182. The Morgan fingerprint density at radius 2 is 1.60 bits per heavy atom. The maximum atomic E-state index is 13.0. The number of morpholine rings is 1. The van der Waals surface area contributed by atoms with Crippen molar-refractivity contribution in [3.63, 3.8) is 0 Å².